The van der Waals surface area contributed by atoms with E-state index in [2.05, 4.69) is 4.98 Å². The van der Waals surface area contributed by atoms with Crippen LogP contribution in [0, 0.1) is 5.92 Å². The van der Waals surface area contributed by atoms with Gasteiger partial charge in [0, 0.05) is 18.2 Å². The monoisotopic (exact) mass is 207 g/mol. The normalized spacial score (nSPS) is 16.0. The molecule has 4 heteroatoms. The molecule has 1 aromatic rings. The van der Waals surface area contributed by atoms with Crippen LogP contribution in [0.3, 0.4) is 0 Å². The number of aromatic amines is 1. The second kappa shape index (κ2) is 3.88. The Morgan fingerprint density at radius 3 is 2.67 bits per heavy atom. The van der Waals surface area contributed by atoms with Gasteiger partial charge in [0.2, 0.25) is 0 Å². The maximum absolute atomic E-state index is 11.7. The van der Waals surface area contributed by atoms with Gasteiger partial charge in [-0.3, -0.25) is 4.79 Å². The minimum absolute atomic E-state index is 0.0449. The van der Waals surface area contributed by atoms with Crippen LogP contribution in [0.5, 0.6) is 0 Å². The van der Waals surface area contributed by atoms with Crippen molar-refractivity contribution < 1.29 is 14.7 Å². The summed E-state index contributed by atoms with van der Waals surface area (Å²) in [5.41, 5.74) is 0.561. The lowest BCUT2D eigenvalue weighted by Gasteiger charge is -2.24. The van der Waals surface area contributed by atoms with Crippen LogP contribution in [-0.4, -0.2) is 21.8 Å². The van der Waals surface area contributed by atoms with Gasteiger partial charge in [-0.15, -0.1) is 0 Å². The number of carboxylic acid groups (broad SMARTS) is 1. The molecule has 1 heterocycles. The number of Topliss-reactive ketones (excluding diaryl/α,β-unsaturated/α-hetero) is 1. The third kappa shape index (κ3) is 2.09. The van der Waals surface area contributed by atoms with Crippen LogP contribution in [0.25, 0.3) is 0 Å². The number of hydrogen-bond donors (Lipinski definition) is 2. The van der Waals surface area contributed by atoms with Crippen molar-refractivity contribution in [2.24, 2.45) is 5.92 Å². The second-order valence-electron chi connectivity index (χ2n) is 4.03. The SMILES string of the molecule is O=C(CC1CCC1)c1c[nH]c(C(=O)O)c1. The molecule has 1 aromatic heterocycles. The van der Waals surface area contributed by atoms with Crippen LogP contribution >= 0.6 is 0 Å². The van der Waals surface area contributed by atoms with Gasteiger partial charge in [-0.25, -0.2) is 4.79 Å². The predicted octanol–water partition coefficient (Wildman–Crippen LogP) is 2.09. The van der Waals surface area contributed by atoms with E-state index in [9.17, 15) is 9.59 Å². The molecule has 1 aliphatic carbocycles. The van der Waals surface area contributed by atoms with E-state index < -0.39 is 5.97 Å². The smallest absolute Gasteiger partial charge is 0.352 e. The molecule has 1 aliphatic rings. The van der Waals surface area contributed by atoms with Crippen LogP contribution in [-0.2, 0) is 0 Å². The quantitative estimate of drug-likeness (QED) is 0.742. The summed E-state index contributed by atoms with van der Waals surface area (Å²) in [6.45, 7) is 0. The summed E-state index contributed by atoms with van der Waals surface area (Å²) in [6.07, 6.45) is 5.50. The van der Waals surface area contributed by atoms with E-state index in [0.717, 1.165) is 12.8 Å². The first-order chi connectivity index (χ1) is 7.16. The second-order valence-corrected chi connectivity index (χ2v) is 4.03. The molecule has 0 bridgehead atoms. The van der Waals surface area contributed by atoms with E-state index in [-0.39, 0.29) is 11.5 Å². The number of ketones is 1. The zero-order valence-electron chi connectivity index (χ0n) is 8.32. The average molecular weight is 207 g/mol. The summed E-state index contributed by atoms with van der Waals surface area (Å²) >= 11 is 0. The molecule has 0 aliphatic heterocycles. The highest BCUT2D eigenvalue weighted by Gasteiger charge is 2.22. The van der Waals surface area contributed by atoms with Gasteiger partial charge in [-0.2, -0.15) is 0 Å². The molecule has 2 rings (SSSR count). The minimum Gasteiger partial charge on any atom is -0.477 e. The number of hydrogen-bond acceptors (Lipinski definition) is 2. The topological polar surface area (TPSA) is 70.2 Å². The van der Waals surface area contributed by atoms with E-state index in [4.69, 9.17) is 5.11 Å². The Morgan fingerprint density at radius 2 is 2.20 bits per heavy atom. The van der Waals surface area contributed by atoms with Crippen molar-refractivity contribution >= 4 is 11.8 Å². The maximum atomic E-state index is 11.7. The standard InChI is InChI=1S/C11H13NO3/c13-10(4-7-2-1-3-7)8-5-9(11(14)15)12-6-8/h5-7,12H,1-4H2,(H,14,15). The Balaban J connectivity index is 2.01. The van der Waals surface area contributed by atoms with Gasteiger partial charge >= 0.3 is 5.97 Å². The van der Waals surface area contributed by atoms with Crippen molar-refractivity contribution in [2.45, 2.75) is 25.7 Å². The molecule has 1 fully saturated rings. The lowest BCUT2D eigenvalue weighted by atomic mass is 9.81. The molecular formula is C11H13NO3. The third-order valence-electron chi connectivity index (χ3n) is 2.93. The van der Waals surface area contributed by atoms with Crippen LogP contribution in [0.1, 0.15) is 46.5 Å². The number of carbonyl (C=O) groups is 2. The molecular weight excluding hydrogens is 194 g/mol. The number of nitrogens with one attached hydrogen (secondary N) is 1. The summed E-state index contributed by atoms with van der Waals surface area (Å²) in [5.74, 6) is -0.471. The van der Waals surface area contributed by atoms with Gasteiger partial charge < -0.3 is 10.1 Å². The summed E-state index contributed by atoms with van der Waals surface area (Å²) in [7, 11) is 0. The molecule has 15 heavy (non-hydrogen) atoms. The molecule has 0 unspecified atom stereocenters. The highest BCUT2D eigenvalue weighted by molar-refractivity contribution is 5.98. The molecule has 1 saturated carbocycles. The number of aromatic carboxylic acids is 1. The minimum atomic E-state index is -1.03. The van der Waals surface area contributed by atoms with Crippen LogP contribution in [0.4, 0.5) is 0 Å². The number of rotatable bonds is 4. The van der Waals surface area contributed by atoms with Crippen molar-refractivity contribution in [3.8, 4) is 0 Å². The average Bonchev–Trinajstić information content (AvgIpc) is 2.59. The summed E-state index contributed by atoms with van der Waals surface area (Å²) in [5, 5.41) is 8.68. The van der Waals surface area contributed by atoms with E-state index in [1.807, 2.05) is 0 Å². The lowest BCUT2D eigenvalue weighted by molar-refractivity contribution is 0.0691. The largest absolute Gasteiger partial charge is 0.477 e. The van der Waals surface area contributed by atoms with Crippen molar-refractivity contribution in [3.63, 3.8) is 0 Å². The van der Waals surface area contributed by atoms with E-state index in [1.165, 1.54) is 18.7 Å². The van der Waals surface area contributed by atoms with Gasteiger partial charge in [-0.05, 0) is 12.0 Å². The molecule has 80 valence electrons. The molecule has 0 spiro atoms. The molecule has 0 saturated heterocycles. The lowest BCUT2D eigenvalue weighted by Crippen LogP contribution is -2.15. The molecule has 0 amide bonds. The first kappa shape index (κ1) is 9.96. The van der Waals surface area contributed by atoms with Crippen LogP contribution < -0.4 is 0 Å². The highest BCUT2D eigenvalue weighted by atomic mass is 16.4. The van der Waals surface area contributed by atoms with Gasteiger partial charge in [-0.1, -0.05) is 19.3 Å². The van der Waals surface area contributed by atoms with Crippen molar-refractivity contribution in [1.29, 1.82) is 0 Å². The van der Waals surface area contributed by atoms with Gasteiger partial charge in [0.1, 0.15) is 5.69 Å². The molecule has 2 N–H and O–H groups in total. The fourth-order valence-corrected chi connectivity index (χ4v) is 1.76. The molecule has 4 nitrogen and oxygen atoms in total. The summed E-state index contributed by atoms with van der Waals surface area (Å²) in [4.78, 5) is 24.8. The van der Waals surface area contributed by atoms with Crippen LogP contribution in [0.15, 0.2) is 12.3 Å². The van der Waals surface area contributed by atoms with E-state index in [1.54, 1.807) is 0 Å². The fourth-order valence-electron chi connectivity index (χ4n) is 1.76. The Hall–Kier alpha value is -1.58. The molecule has 0 radical (unpaired) electrons. The van der Waals surface area contributed by atoms with Gasteiger partial charge in [0.05, 0.1) is 0 Å². The predicted molar refractivity (Wildman–Crippen MR) is 54.0 cm³/mol. The first-order valence-corrected chi connectivity index (χ1v) is 5.11. The number of carbonyl (C=O) groups excluding carboxylic acids is 1. The third-order valence-corrected chi connectivity index (χ3v) is 2.93. The maximum Gasteiger partial charge on any atom is 0.352 e. The Morgan fingerprint density at radius 1 is 1.47 bits per heavy atom. The van der Waals surface area contributed by atoms with E-state index >= 15 is 0 Å². The number of aromatic nitrogens is 1. The number of carboxylic acids is 1. The summed E-state index contributed by atoms with van der Waals surface area (Å²) in [6, 6.07) is 1.41. The Kier molecular flexibility index (Phi) is 2.58. The first-order valence-electron chi connectivity index (χ1n) is 5.11. The zero-order valence-corrected chi connectivity index (χ0v) is 8.32. The Labute approximate surface area is 87.3 Å². The number of H-pyrrole nitrogens is 1. The van der Waals surface area contributed by atoms with E-state index in [0.29, 0.717) is 17.9 Å². The highest BCUT2D eigenvalue weighted by Crippen LogP contribution is 2.30. The van der Waals surface area contributed by atoms with Crippen molar-refractivity contribution in [2.75, 3.05) is 0 Å². The van der Waals surface area contributed by atoms with Crippen LogP contribution in [0.2, 0.25) is 0 Å². The van der Waals surface area contributed by atoms with Crippen molar-refractivity contribution in [1.82, 2.24) is 4.98 Å². The van der Waals surface area contributed by atoms with Crippen molar-refractivity contribution in [3.05, 3.63) is 23.5 Å². The zero-order chi connectivity index (χ0) is 10.8. The van der Waals surface area contributed by atoms with Gasteiger partial charge in [0.25, 0.3) is 0 Å². The fraction of sp³-hybridized carbons (Fsp3) is 0.455. The van der Waals surface area contributed by atoms with Gasteiger partial charge in [0.15, 0.2) is 5.78 Å². The molecule has 0 atom stereocenters. The Bertz CT molecular complexity index is 390. The molecule has 0 aromatic carbocycles. The summed E-state index contributed by atoms with van der Waals surface area (Å²) < 4.78 is 0.